The smallest absolute Gasteiger partial charge is 0.0705 e. The van der Waals surface area contributed by atoms with Gasteiger partial charge in [-0.1, -0.05) is 70.2 Å². The molecule has 108 valence electrons. The fraction of sp³-hybridized carbons (Fsp3) is 0.526. The first-order valence-corrected chi connectivity index (χ1v) is 8.14. The Morgan fingerprint density at radius 1 is 0.950 bits per heavy atom. The lowest BCUT2D eigenvalue weighted by molar-refractivity contribution is 0.458. The Hall–Kier alpha value is -1.37. The lowest BCUT2D eigenvalue weighted by Gasteiger charge is -2.11. The molecule has 1 unspecified atom stereocenters. The van der Waals surface area contributed by atoms with Gasteiger partial charge < -0.3 is 0 Å². The third-order valence-electron chi connectivity index (χ3n) is 4.10. The Morgan fingerprint density at radius 3 is 2.65 bits per heavy atom. The Bertz CT molecular complexity index is 518. The van der Waals surface area contributed by atoms with Crippen molar-refractivity contribution in [2.24, 2.45) is 5.92 Å². The molecule has 1 nitrogen and oxygen atoms in total. The quantitative estimate of drug-likeness (QED) is 0.554. The van der Waals surface area contributed by atoms with Gasteiger partial charge in [0.15, 0.2) is 0 Å². The molecule has 2 rings (SSSR count). The summed E-state index contributed by atoms with van der Waals surface area (Å²) in [4.78, 5) is 4.76. The average Bonchev–Trinajstić information content (AvgIpc) is 2.49. The second-order valence-electron chi connectivity index (χ2n) is 5.99. The lowest BCUT2D eigenvalue weighted by atomic mass is 9.97. The number of benzene rings is 1. The maximum atomic E-state index is 4.76. The molecule has 1 aromatic heterocycles. The van der Waals surface area contributed by atoms with Crippen molar-refractivity contribution in [2.45, 2.75) is 58.8 Å². The maximum absolute atomic E-state index is 4.76. The van der Waals surface area contributed by atoms with Crippen molar-refractivity contribution in [2.75, 3.05) is 0 Å². The second-order valence-corrected chi connectivity index (χ2v) is 5.99. The van der Waals surface area contributed by atoms with E-state index >= 15 is 0 Å². The first-order chi connectivity index (χ1) is 9.79. The van der Waals surface area contributed by atoms with Gasteiger partial charge in [-0.3, -0.25) is 4.98 Å². The van der Waals surface area contributed by atoms with Crippen LogP contribution in [0.5, 0.6) is 0 Å². The van der Waals surface area contributed by atoms with Crippen molar-refractivity contribution in [3.63, 3.8) is 0 Å². The van der Waals surface area contributed by atoms with Crippen molar-refractivity contribution >= 4 is 10.9 Å². The summed E-state index contributed by atoms with van der Waals surface area (Å²) in [6.45, 7) is 4.65. The number of fused-ring (bicyclic) bond motifs is 1. The predicted molar refractivity (Wildman–Crippen MR) is 88.0 cm³/mol. The van der Waals surface area contributed by atoms with E-state index in [-0.39, 0.29) is 0 Å². The molecule has 0 aliphatic heterocycles. The number of rotatable bonds is 8. The minimum absolute atomic E-state index is 0.820. The molecule has 0 fully saturated rings. The van der Waals surface area contributed by atoms with E-state index in [9.17, 15) is 0 Å². The van der Waals surface area contributed by atoms with E-state index in [0.717, 1.165) is 17.9 Å². The van der Waals surface area contributed by atoms with Gasteiger partial charge in [-0.25, -0.2) is 0 Å². The molecule has 20 heavy (non-hydrogen) atoms. The van der Waals surface area contributed by atoms with Crippen LogP contribution in [-0.2, 0) is 6.42 Å². The molecule has 0 aliphatic rings. The minimum Gasteiger partial charge on any atom is -0.253 e. The van der Waals surface area contributed by atoms with Crippen LogP contribution in [0, 0.1) is 5.92 Å². The van der Waals surface area contributed by atoms with Crippen LogP contribution in [0.4, 0.5) is 0 Å². The van der Waals surface area contributed by atoms with E-state index in [1.807, 2.05) is 0 Å². The number of hydrogen-bond acceptors (Lipinski definition) is 1. The number of nitrogens with zero attached hydrogens (tertiary/aromatic N) is 1. The fourth-order valence-electron chi connectivity index (χ4n) is 2.71. The van der Waals surface area contributed by atoms with Gasteiger partial charge >= 0.3 is 0 Å². The molecule has 0 aliphatic carbocycles. The first-order valence-electron chi connectivity index (χ1n) is 8.14. The number of aromatic nitrogens is 1. The topological polar surface area (TPSA) is 12.9 Å². The highest BCUT2D eigenvalue weighted by Crippen LogP contribution is 2.18. The molecule has 0 saturated heterocycles. The van der Waals surface area contributed by atoms with Gasteiger partial charge in [0.05, 0.1) is 5.52 Å². The highest BCUT2D eigenvalue weighted by atomic mass is 14.7. The number of aryl methyl sites for hydroxylation is 1. The zero-order chi connectivity index (χ0) is 14.2. The second kappa shape index (κ2) is 8.04. The minimum atomic E-state index is 0.820. The van der Waals surface area contributed by atoms with E-state index in [4.69, 9.17) is 4.98 Å². The molecule has 0 amide bonds. The summed E-state index contributed by atoms with van der Waals surface area (Å²) < 4.78 is 0. The van der Waals surface area contributed by atoms with Gasteiger partial charge in [0.2, 0.25) is 0 Å². The van der Waals surface area contributed by atoms with E-state index in [0.29, 0.717) is 0 Å². The maximum Gasteiger partial charge on any atom is 0.0705 e. The first kappa shape index (κ1) is 15.0. The van der Waals surface area contributed by atoms with Crippen molar-refractivity contribution in [3.05, 3.63) is 42.1 Å². The lowest BCUT2D eigenvalue weighted by Crippen LogP contribution is -1.99. The summed E-state index contributed by atoms with van der Waals surface area (Å²) in [6, 6.07) is 12.8. The van der Waals surface area contributed by atoms with E-state index in [1.54, 1.807) is 0 Å². The van der Waals surface area contributed by atoms with Gasteiger partial charge in [-0.2, -0.15) is 0 Å². The fourth-order valence-corrected chi connectivity index (χ4v) is 2.71. The predicted octanol–water partition coefficient (Wildman–Crippen LogP) is 5.77. The van der Waals surface area contributed by atoms with Crippen molar-refractivity contribution in [1.29, 1.82) is 0 Å². The number of hydrogen-bond donors (Lipinski definition) is 0. The van der Waals surface area contributed by atoms with Gasteiger partial charge in [-0.15, -0.1) is 0 Å². The average molecular weight is 269 g/mol. The summed E-state index contributed by atoms with van der Waals surface area (Å²) >= 11 is 0. The van der Waals surface area contributed by atoms with Crippen molar-refractivity contribution < 1.29 is 0 Å². The molecule has 1 heterocycles. The van der Waals surface area contributed by atoms with E-state index in [1.165, 1.54) is 49.6 Å². The number of para-hydroxylation sites is 1. The van der Waals surface area contributed by atoms with Crippen LogP contribution in [0.1, 0.15) is 58.1 Å². The number of pyridine rings is 1. The SMILES string of the molecule is CCCCCCC(C)CCc1ccc2ccccc2n1. The largest absolute Gasteiger partial charge is 0.253 e. The Labute approximate surface area is 123 Å². The summed E-state index contributed by atoms with van der Waals surface area (Å²) in [5.74, 6) is 0.820. The molecule has 0 bridgehead atoms. The molecule has 1 heteroatoms. The molecule has 0 radical (unpaired) electrons. The van der Waals surface area contributed by atoms with E-state index < -0.39 is 0 Å². The molecule has 2 aromatic rings. The van der Waals surface area contributed by atoms with Crippen LogP contribution < -0.4 is 0 Å². The normalized spacial score (nSPS) is 12.7. The van der Waals surface area contributed by atoms with Crippen LogP contribution in [0.25, 0.3) is 10.9 Å². The summed E-state index contributed by atoms with van der Waals surface area (Å²) in [7, 11) is 0. The summed E-state index contributed by atoms with van der Waals surface area (Å²) in [6.07, 6.45) is 9.24. The standard InChI is InChI=1S/C19H27N/c1-3-4-5-6-9-16(2)12-14-18-15-13-17-10-7-8-11-19(17)20-18/h7-8,10-11,13,15-16H,3-6,9,12,14H2,1-2H3. The molecular weight excluding hydrogens is 242 g/mol. The molecule has 0 N–H and O–H groups in total. The number of unbranched alkanes of at least 4 members (excludes halogenated alkanes) is 3. The summed E-state index contributed by atoms with van der Waals surface area (Å²) in [5.41, 5.74) is 2.37. The molecule has 0 spiro atoms. The Kier molecular flexibility index (Phi) is 6.04. The Morgan fingerprint density at radius 2 is 1.80 bits per heavy atom. The van der Waals surface area contributed by atoms with Crippen LogP contribution in [0.15, 0.2) is 36.4 Å². The third kappa shape index (κ3) is 4.63. The zero-order valence-corrected chi connectivity index (χ0v) is 12.9. The van der Waals surface area contributed by atoms with Crippen LogP contribution >= 0.6 is 0 Å². The van der Waals surface area contributed by atoms with Gasteiger partial charge in [0.1, 0.15) is 0 Å². The van der Waals surface area contributed by atoms with Gasteiger partial charge in [0.25, 0.3) is 0 Å². The van der Waals surface area contributed by atoms with Crippen LogP contribution in [0.3, 0.4) is 0 Å². The molecule has 0 saturated carbocycles. The van der Waals surface area contributed by atoms with Crippen LogP contribution in [-0.4, -0.2) is 4.98 Å². The Balaban J connectivity index is 1.80. The monoisotopic (exact) mass is 269 g/mol. The van der Waals surface area contributed by atoms with Crippen molar-refractivity contribution in [1.82, 2.24) is 4.98 Å². The molecule has 1 aromatic carbocycles. The van der Waals surface area contributed by atoms with Crippen LogP contribution in [0.2, 0.25) is 0 Å². The highest BCUT2D eigenvalue weighted by Gasteiger charge is 2.04. The van der Waals surface area contributed by atoms with Crippen molar-refractivity contribution in [3.8, 4) is 0 Å². The third-order valence-corrected chi connectivity index (χ3v) is 4.10. The molecular formula is C19H27N. The van der Waals surface area contributed by atoms with E-state index in [2.05, 4.69) is 50.2 Å². The molecule has 1 atom stereocenters. The summed E-state index contributed by atoms with van der Waals surface area (Å²) in [5, 5.41) is 1.24. The van der Waals surface area contributed by atoms with Gasteiger partial charge in [0, 0.05) is 11.1 Å². The zero-order valence-electron chi connectivity index (χ0n) is 12.9. The van der Waals surface area contributed by atoms with Gasteiger partial charge in [-0.05, 0) is 30.9 Å². The highest BCUT2D eigenvalue weighted by molar-refractivity contribution is 5.78.